The summed E-state index contributed by atoms with van der Waals surface area (Å²) in [5.74, 6) is -0.602. The van der Waals surface area contributed by atoms with Gasteiger partial charge in [0.25, 0.3) is 0 Å². The zero-order valence-electron chi connectivity index (χ0n) is 4.80. The molecule has 0 amide bonds. The van der Waals surface area contributed by atoms with E-state index in [1.807, 2.05) is 0 Å². The molecule has 0 aliphatic rings. The van der Waals surface area contributed by atoms with Crippen LogP contribution in [0.25, 0.3) is 0 Å². The molecule has 0 aromatic heterocycles. The van der Waals surface area contributed by atoms with Crippen molar-refractivity contribution in [1.29, 1.82) is 0 Å². The summed E-state index contributed by atoms with van der Waals surface area (Å²) in [7, 11) is 1.22. The SMILES string of the molecule is COC(=O)CO.II.[Y]. The normalized spacial score (nSPS) is 5.78. The van der Waals surface area contributed by atoms with Crippen LogP contribution in [0.3, 0.4) is 0 Å². The van der Waals surface area contributed by atoms with Gasteiger partial charge in [-0.2, -0.15) is 0 Å². The molecule has 1 radical (unpaired) electrons. The number of rotatable bonds is 1. The Morgan fingerprint density at radius 1 is 1.67 bits per heavy atom. The number of carbonyl (C=O) groups is 1. The molecule has 9 heavy (non-hydrogen) atoms. The fourth-order valence-electron chi connectivity index (χ4n) is 0.0645. The van der Waals surface area contributed by atoms with E-state index < -0.39 is 12.6 Å². The number of ether oxygens (including phenoxy) is 1. The van der Waals surface area contributed by atoms with Crippen LogP contribution in [0.1, 0.15) is 0 Å². The molecule has 0 heterocycles. The summed E-state index contributed by atoms with van der Waals surface area (Å²) in [6, 6.07) is 0. The maximum Gasteiger partial charge on any atom is 0.331 e. The maximum absolute atomic E-state index is 9.71. The van der Waals surface area contributed by atoms with E-state index in [4.69, 9.17) is 5.11 Å². The number of hydrogen-bond acceptors (Lipinski definition) is 3. The molecule has 0 rings (SSSR count). The van der Waals surface area contributed by atoms with E-state index in [1.165, 1.54) is 7.11 Å². The van der Waals surface area contributed by atoms with Crippen LogP contribution < -0.4 is 0 Å². The van der Waals surface area contributed by atoms with Crippen LogP contribution in [-0.2, 0) is 42.2 Å². The molecule has 0 saturated heterocycles. The van der Waals surface area contributed by atoms with Gasteiger partial charge in [-0.25, -0.2) is 4.79 Å². The number of halogens is 2. The Morgan fingerprint density at radius 2 is 2.00 bits per heavy atom. The van der Waals surface area contributed by atoms with E-state index in [9.17, 15) is 4.79 Å². The van der Waals surface area contributed by atoms with E-state index in [-0.39, 0.29) is 32.7 Å². The number of aliphatic hydroxyl groups is 1. The zero-order valence-corrected chi connectivity index (χ0v) is 12.0. The second kappa shape index (κ2) is 16.5. The van der Waals surface area contributed by atoms with Crippen LogP contribution in [0, 0.1) is 0 Å². The van der Waals surface area contributed by atoms with Gasteiger partial charge >= 0.3 is 5.97 Å². The first-order valence-electron chi connectivity index (χ1n) is 1.63. The first kappa shape index (κ1) is 17.2. The van der Waals surface area contributed by atoms with Gasteiger partial charge in [-0.15, -0.1) is 0 Å². The summed E-state index contributed by atoms with van der Waals surface area (Å²) in [4.78, 5) is 9.71. The Morgan fingerprint density at radius 3 is 2.00 bits per heavy atom. The van der Waals surface area contributed by atoms with Crippen molar-refractivity contribution in [3.05, 3.63) is 0 Å². The standard InChI is InChI=1S/C3H6O3.I2.Y/c1-6-3(5)2-4;1-2;/h4H,2H2,1H3;;. The molecule has 0 saturated carbocycles. The molecule has 0 aliphatic carbocycles. The largest absolute Gasteiger partial charge is 0.467 e. The average Bonchev–Trinajstić information content (AvgIpc) is 1.91. The van der Waals surface area contributed by atoms with E-state index in [0.29, 0.717) is 0 Å². The third kappa shape index (κ3) is 17.8. The van der Waals surface area contributed by atoms with Crippen molar-refractivity contribution in [1.82, 2.24) is 0 Å². The minimum atomic E-state index is -0.602. The van der Waals surface area contributed by atoms with Crippen molar-refractivity contribution in [2.24, 2.45) is 0 Å². The predicted octanol–water partition coefficient (Wildman–Crippen LogP) is 0.921. The smallest absolute Gasteiger partial charge is 0.331 e. The van der Waals surface area contributed by atoms with E-state index in [1.54, 1.807) is 0 Å². The van der Waals surface area contributed by atoms with Crippen molar-refractivity contribution in [2.45, 2.75) is 0 Å². The Labute approximate surface area is 102 Å². The van der Waals surface area contributed by atoms with E-state index in [0.717, 1.165) is 0 Å². The Balaban J connectivity index is -0.000000109. The number of carbonyl (C=O) groups excluding carboxylic acids is 1. The van der Waals surface area contributed by atoms with E-state index in [2.05, 4.69) is 42.0 Å². The van der Waals surface area contributed by atoms with Gasteiger partial charge in [-0.1, -0.05) is 0 Å². The summed E-state index contributed by atoms with van der Waals surface area (Å²) in [5.41, 5.74) is 0. The summed E-state index contributed by atoms with van der Waals surface area (Å²) in [5, 5.41) is 7.86. The molecule has 0 aliphatic heterocycles. The number of methoxy groups -OCH3 is 1. The molecule has 3 nitrogen and oxygen atoms in total. The fourth-order valence-corrected chi connectivity index (χ4v) is 0.0645. The monoisotopic (exact) mass is 433 g/mol. The van der Waals surface area contributed by atoms with Crippen LogP contribution in [-0.4, -0.2) is 24.8 Å². The van der Waals surface area contributed by atoms with Gasteiger partial charge in [0.05, 0.1) is 7.11 Å². The van der Waals surface area contributed by atoms with Crippen LogP contribution in [0.15, 0.2) is 0 Å². The van der Waals surface area contributed by atoms with Crippen LogP contribution in [0.4, 0.5) is 0 Å². The molecule has 0 spiro atoms. The predicted molar refractivity (Wildman–Crippen MR) is 47.1 cm³/mol. The van der Waals surface area contributed by atoms with Crippen LogP contribution in [0.2, 0.25) is 0 Å². The maximum atomic E-state index is 9.71. The summed E-state index contributed by atoms with van der Waals surface area (Å²) in [6.45, 7) is -0.531. The summed E-state index contributed by atoms with van der Waals surface area (Å²) < 4.78 is 4.01. The van der Waals surface area contributed by atoms with Crippen molar-refractivity contribution in [3.8, 4) is 0 Å². The Bertz CT molecular complexity index is 55.0. The topological polar surface area (TPSA) is 46.5 Å². The number of hydrogen-bond donors (Lipinski definition) is 1. The Hall–Kier alpha value is 1.99. The van der Waals surface area contributed by atoms with E-state index >= 15 is 0 Å². The van der Waals surface area contributed by atoms with Crippen molar-refractivity contribution >= 4 is 43.2 Å². The van der Waals surface area contributed by atoms with Crippen molar-refractivity contribution in [3.63, 3.8) is 0 Å². The van der Waals surface area contributed by atoms with Gasteiger partial charge in [0.15, 0.2) is 0 Å². The molecule has 0 aromatic carbocycles. The zero-order chi connectivity index (χ0) is 6.99. The molecule has 6 heteroatoms. The molecular weight excluding hydrogens is 427 g/mol. The van der Waals surface area contributed by atoms with Gasteiger partial charge in [-0.05, 0) is 0 Å². The molecule has 1 N–H and O–H groups in total. The van der Waals surface area contributed by atoms with Crippen LogP contribution in [0.5, 0.6) is 0 Å². The van der Waals surface area contributed by atoms with Gasteiger partial charge in [0, 0.05) is 69.9 Å². The molecule has 0 fully saturated rings. The molecular formula is C3H6I2O3Y. The molecule has 53 valence electrons. The second-order valence-electron chi connectivity index (χ2n) is 0.734. The number of aliphatic hydroxyl groups excluding tert-OH is 1. The van der Waals surface area contributed by atoms with Gasteiger partial charge in [-0.3, -0.25) is 0 Å². The summed E-state index contributed by atoms with van der Waals surface area (Å²) >= 11 is 4.24. The molecule has 0 unspecified atom stereocenters. The van der Waals surface area contributed by atoms with Crippen LogP contribution >= 0.6 is 37.2 Å². The summed E-state index contributed by atoms with van der Waals surface area (Å²) in [6.07, 6.45) is 0. The minimum absolute atomic E-state index is 0. The van der Waals surface area contributed by atoms with Gasteiger partial charge in [0.2, 0.25) is 0 Å². The third-order valence-corrected chi connectivity index (χ3v) is 0.357. The van der Waals surface area contributed by atoms with Gasteiger partial charge < -0.3 is 9.84 Å². The molecule has 0 aromatic rings. The first-order chi connectivity index (χ1) is 3.81. The third-order valence-electron chi connectivity index (χ3n) is 0.357. The quantitative estimate of drug-likeness (QED) is 0.495. The Kier molecular flexibility index (Phi) is 31.6. The molecule has 0 bridgehead atoms. The number of esters is 1. The minimum Gasteiger partial charge on any atom is -0.467 e. The average molecular weight is 433 g/mol. The first-order valence-corrected chi connectivity index (χ1v) is 7.91. The van der Waals surface area contributed by atoms with Crippen molar-refractivity contribution < 1.29 is 47.3 Å². The van der Waals surface area contributed by atoms with Gasteiger partial charge in [0.1, 0.15) is 6.61 Å². The van der Waals surface area contributed by atoms with Crippen molar-refractivity contribution in [2.75, 3.05) is 13.7 Å². The fraction of sp³-hybridized carbons (Fsp3) is 0.667. The molecule has 0 atom stereocenters. The second-order valence-corrected chi connectivity index (χ2v) is 0.734.